The van der Waals surface area contributed by atoms with Gasteiger partial charge in [-0.05, 0) is 65.1 Å². The summed E-state index contributed by atoms with van der Waals surface area (Å²) in [5.74, 6) is 0. The molecule has 1 aliphatic heterocycles. The second kappa shape index (κ2) is 5.50. The Labute approximate surface area is 102 Å². The SMILES string of the molecule is CC1(C)CCCN(CCCNC(C)(C)C)C1. The highest BCUT2D eigenvalue weighted by molar-refractivity contribution is 4.79. The van der Waals surface area contributed by atoms with Gasteiger partial charge in [-0.1, -0.05) is 13.8 Å². The molecular weight excluding hydrogens is 196 g/mol. The molecule has 1 heterocycles. The van der Waals surface area contributed by atoms with E-state index in [9.17, 15) is 0 Å². The van der Waals surface area contributed by atoms with Gasteiger partial charge in [0.05, 0.1) is 0 Å². The monoisotopic (exact) mass is 226 g/mol. The van der Waals surface area contributed by atoms with Crippen LogP contribution in [0.4, 0.5) is 0 Å². The van der Waals surface area contributed by atoms with E-state index in [2.05, 4.69) is 44.8 Å². The second-order valence-electron chi connectivity index (χ2n) is 7.07. The van der Waals surface area contributed by atoms with Gasteiger partial charge in [0.15, 0.2) is 0 Å². The van der Waals surface area contributed by atoms with E-state index in [0.29, 0.717) is 5.41 Å². The van der Waals surface area contributed by atoms with Crippen molar-refractivity contribution in [1.82, 2.24) is 10.2 Å². The van der Waals surface area contributed by atoms with Crippen LogP contribution in [0.25, 0.3) is 0 Å². The van der Waals surface area contributed by atoms with Gasteiger partial charge in [0.25, 0.3) is 0 Å². The van der Waals surface area contributed by atoms with Crippen molar-refractivity contribution in [2.45, 2.75) is 59.4 Å². The smallest absolute Gasteiger partial charge is 0.00965 e. The Kier molecular flexibility index (Phi) is 4.81. The molecule has 1 N–H and O–H groups in total. The summed E-state index contributed by atoms with van der Waals surface area (Å²) in [6.07, 6.45) is 4.04. The summed E-state index contributed by atoms with van der Waals surface area (Å²) in [5, 5.41) is 3.56. The maximum Gasteiger partial charge on any atom is 0.00965 e. The van der Waals surface area contributed by atoms with Crippen molar-refractivity contribution < 1.29 is 0 Å². The minimum absolute atomic E-state index is 0.265. The molecule has 16 heavy (non-hydrogen) atoms. The zero-order valence-electron chi connectivity index (χ0n) is 11.9. The van der Waals surface area contributed by atoms with Crippen molar-refractivity contribution in [2.24, 2.45) is 5.41 Å². The Balaban J connectivity index is 2.13. The molecule has 96 valence electrons. The van der Waals surface area contributed by atoms with E-state index in [1.807, 2.05) is 0 Å². The molecular formula is C14H30N2. The van der Waals surface area contributed by atoms with E-state index in [1.54, 1.807) is 0 Å². The van der Waals surface area contributed by atoms with Crippen LogP contribution in [0.15, 0.2) is 0 Å². The van der Waals surface area contributed by atoms with Crippen molar-refractivity contribution in [3.63, 3.8) is 0 Å². The van der Waals surface area contributed by atoms with Gasteiger partial charge in [-0.25, -0.2) is 0 Å². The first-order valence-electron chi connectivity index (χ1n) is 6.76. The minimum atomic E-state index is 0.265. The highest BCUT2D eigenvalue weighted by Gasteiger charge is 2.25. The molecule has 1 rings (SSSR count). The van der Waals surface area contributed by atoms with Crippen molar-refractivity contribution in [2.75, 3.05) is 26.2 Å². The first-order chi connectivity index (χ1) is 7.29. The molecule has 2 nitrogen and oxygen atoms in total. The molecule has 0 bridgehead atoms. The molecule has 0 atom stereocenters. The fraction of sp³-hybridized carbons (Fsp3) is 1.00. The maximum absolute atomic E-state index is 3.56. The second-order valence-corrected chi connectivity index (χ2v) is 7.07. The first-order valence-corrected chi connectivity index (χ1v) is 6.76. The Morgan fingerprint density at radius 1 is 1.25 bits per heavy atom. The average Bonchev–Trinajstić information content (AvgIpc) is 2.09. The molecule has 0 radical (unpaired) electrons. The normalized spacial score (nSPS) is 22.3. The molecule has 1 saturated heterocycles. The number of nitrogens with one attached hydrogen (secondary N) is 1. The molecule has 1 aliphatic rings. The Hall–Kier alpha value is -0.0800. The maximum atomic E-state index is 3.56. The van der Waals surface area contributed by atoms with Gasteiger partial charge >= 0.3 is 0 Å². The van der Waals surface area contributed by atoms with Crippen LogP contribution in [0.5, 0.6) is 0 Å². The summed E-state index contributed by atoms with van der Waals surface area (Å²) in [6, 6.07) is 0. The Morgan fingerprint density at radius 2 is 1.94 bits per heavy atom. The molecule has 0 saturated carbocycles. The molecule has 0 spiro atoms. The van der Waals surface area contributed by atoms with Gasteiger partial charge in [0, 0.05) is 12.1 Å². The van der Waals surface area contributed by atoms with Crippen LogP contribution in [-0.4, -0.2) is 36.6 Å². The van der Waals surface area contributed by atoms with Crippen LogP contribution in [0.3, 0.4) is 0 Å². The molecule has 0 unspecified atom stereocenters. The quantitative estimate of drug-likeness (QED) is 0.742. The predicted molar refractivity (Wildman–Crippen MR) is 71.8 cm³/mol. The van der Waals surface area contributed by atoms with Gasteiger partial charge in [0.1, 0.15) is 0 Å². The fourth-order valence-electron chi connectivity index (χ4n) is 2.50. The molecule has 0 aliphatic carbocycles. The number of rotatable bonds is 4. The van der Waals surface area contributed by atoms with Crippen molar-refractivity contribution in [3.05, 3.63) is 0 Å². The Bertz CT molecular complexity index is 203. The lowest BCUT2D eigenvalue weighted by atomic mass is 9.84. The van der Waals surface area contributed by atoms with Gasteiger partial charge in [-0.2, -0.15) is 0 Å². The van der Waals surface area contributed by atoms with Crippen LogP contribution in [0, 0.1) is 5.41 Å². The molecule has 0 aromatic heterocycles. The van der Waals surface area contributed by atoms with E-state index in [-0.39, 0.29) is 5.54 Å². The van der Waals surface area contributed by atoms with Crippen LogP contribution < -0.4 is 5.32 Å². The summed E-state index contributed by atoms with van der Waals surface area (Å²) >= 11 is 0. The number of piperidine rings is 1. The lowest BCUT2D eigenvalue weighted by molar-refractivity contribution is 0.116. The van der Waals surface area contributed by atoms with E-state index in [4.69, 9.17) is 0 Å². The van der Waals surface area contributed by atoms with E-state index >= 15 is 0 Å². The number of nitrogens with zero attached hydrogens (tertiary/aromatic N) is 1. The molecule has 0 aromatic carbocycles. The number of hydrogen-bond donors (Lipinski definition) is 1. The molecule has 0 amide bonds. The summed E-state index contributed by atoms with van der Waals surface area (Å²) in [5.41, 5.74) is 0.802. The van der Waals surface area contributed by atoms with Crippen molar-refractivity contribution in [1.29, 1.82) is 0 Å². The summed E-state index contributed by atoms with van der Waals surface area (Å²) < 4.78 is 0. The third-order valence-electron chi connectivity index (χ3n) is 3.29. The lowest BCUT2D eigenvalue weighted by Crippen LogP contribution is -2.42. The van der Waals surface area contributed by atoms with E-state index < -0.39 is 0 Å². The van der Waals surface area contributed by atoms with E-state index in [1.165, 1.54) is 38.9 Å². The van der Waals surface area contributed by atoms with E-state index in [0.717, 1.165) is 6.54 Å². The third kappa shape index (κ3) is 5.86. The average molecular weight is 226 g/mol. The van der Waals surface area contributed by atoms with Gasteiger partial charge in [0.2, 0.25) is 0 Å². The lowest BCUT2D eigenvalue weighted by Gasteiger charge is -2.38. The van der Waals surface area contributed by atoms with Gasteiger partial charge < -0.3 is 10.2 Å². The topological polar surface area (TPSA) is 15.3 Å². The van der Waals surface area contributed by atoms with Crippen LogP contribution in [0.2, 0.25) is 0 Å². The summed E-state index contributed by atoms with van der Waals surface area (Å²) in [7, 11) is 0. The number of hydrogen-bond acceptors (Lipinski definition) is 2. The standard InChI is InChI=1S/C14H30N2/c1-13(2,3)15-9-7-11-16-10-6-8-14(4,5)12-16/h15H,6-12H2,1-5H3. The minimum Gasteiger partial charge on any atom is -0.312 e. The highest BCUT2D eigenvalue weighted by atomic mass is 15.1. The first kappa shape index (κ1) is 14.0. The Morgan fingerprint density at radius 3 is 2.50 bits per heavy atom. The van der Waals surface area contributed by atoms with Gasteiger partial charge in [-0.15, -0.1) is 0 Å². The summed E-state index contributed by atoms with van der Waals surface area (Å²) in [6.45, 7) is 16.5. The third-order valence-corrected chi connectivity index (χ3v) is 3.29. The van der Waals surface area contributed by atoms with Gasteiger partial charge in [-0.3, -0.25) is 0 Å². The van der Waals surface area contributed by atoms with Crippen LogP contribution in [-0.2, 0) is 0 Å². The number of likely N-dealkylation sites (tertiary alicyclic amines) is 1. The molecule has 1 fully saturated rings. The fourth-order valence-corrected chi connectivity index (χ4v) is 2.50. The predicted octanol–water partition coefficient (Wildman–Crippen LogP) is 2.89. The van der Waals surface area contributed by atoms with Crippen LogP contribution in [0.1, 0.15) is 53.9 Å². The van der Waals surface area contributed by atoms with Crippen molar-refractivity contribution in [3.8, 4) is 0 Å². The molecule has 2 heteroatoms. The van der Waals surface area contributed by atoms with Crippen molar-refractivity contribution >= 4 is 0 Å². The molecule has 0 aromatic rings. The largest absolute Gasteiger partial charge is 0.312 e. The van der Waals surface area contributed by atoms with Crippen LogP contribution >= 0.6 is 0 Å². The summed E-state index contributed by atoms with van der Waals surface area (Å²) in [4.78, 5) is 2.63. The zero-order chi connectivity index (χ0) is 12.2. The highest BCUT2D eigenvalue weighted by Crippen LogP contribution is 2.28. The zero-order valence-corrected chi connectivity index (χ0v) is 11.9.